The zero-order chi connectivity index (χ0) is 7.98. The molecule has 0 atom stereocenters. The van der Waals surface area contributed by atoms with Crippen molar-refractivity contribution in [3.8, 4) is 0 Å². The van der Waals surface area contributed by atoms with E-state index in [4.69, 9.17) is 0 Å². The van der Waals surface area contributed by atoms with Gasteiger partial charge in [-0.2, -0.15) is 0 Å². The Hall–Kier alpha value is -0.170. The summed E-state index contributed by atoms with van der Waals surface area (Å²) in [6.45, 7) is 10.2. The molecule has 0 aromatic heterocycles. The van der Waals surface area contributed by atoms with E-state index in [9.17, 15) is 0 Å². The molecule has 58 valence electrons. The summed E-state index contributed by atoms with van der Waals surface area (Å²) in [6.07, 6.45) is 2.44. The van der Waals surface area contributed by atoms with Gasteiger partial charge in [0, 0.05) is 0 Å². The highest BCUT2D eigenvalue weighted by atomic mass is 32.2. The Labute approximate surface area is 68.4 Å². The van der Waals surface area contributed by atoms with E-state index in [2.05, 4.69) is 25.8 Å². The molecule has 0 saturated carbocycles. The van der Waals surface area contributed by atoms with E-state index in [0.717, 1.165) is 4.91 Å². The molecule has 0 unspecified atom stereocenters. The van der Waals surface area contributed by atoms with Crippen LogP contribution in [0.3, 0.4) is 0 Å². The standard InChI is InChI=1S/C9H16S/c1-5-6-9(4)7-10-8(2)3/h7H,2,5-6H2,1,3-4H3/b9-7-. The molecule has 0 amide bonds. The zero-order valence-corrected chi connectivity index (χ0v) is 7.92. The largest absolute Gasteiger partial charge is 0.104 e. The molecule has 0 N–H and O–H groups in total. The van der Waals surface area contributed by atoms with Gasteiger partial charge in [-0.1, -0.05) is 25.5 Å². The van der Waals surface area contributed by atoms with Crippen molar-refractivity contribution in [3.05, 3.63) is 22.5 Å². The van der Waals surface area contributed by atoms with Crippen LogP contribution in [0.1, 0.15) is 33.6 Å². The third-order valence-corrected chi connectivity index (χ3v) is 2.03. The predicted molar refractivity (Wildman–Crippen MR) is 51.1 cm³/mol. The Balaban J connectivity index is 3.57. The zero-order valence-electron chi connectivity index (χ0n) is 7.11. The third-order valence-electron chi connectivity index (χ3n) is 1.11. The Morgan fingerprint density at radius 1 is 1.50 bits per heavy atom. The van der Waals surface area contributed by atoms with Crippen LogP contribution in [0.15, 0.2) is 22.5 Å². The van der Waals surface area contributed by atoms with Crippen molar-refractivity contribution in [3.63, 3.8) is 0 Å². The number of allylic oxidation sites excluding steroid dienone is 2. The lowest BCUT2D eigenvalue weighted by Crippen LogP contribution is -1.71. The van der Waals surface area contributed by atoms with Crippen molar-refractivity contribution in [2.45, 2.75) is 33.6 Å². The maximum Gasteiger partial charge on any atom is -0.0211 e. The normalized spacial score (nSPS) is 11.7. The Bertz CT molecular complexity index is 134. The van der Waals surface area contributed by atoms with Gasteiger partial charge in [-0.05, 0) is 30.6 Å². The summed E-state index contributed by atoms with van der Waals surface area (Å²) in [4.78, 5) is 1.16. The lowest BCUT2D eigenvalue weighted by atomic mass is 10.2. The van der Waals surface area contributed by atoms with Gasteiger partial charge in [-0.25, -0.2) is 0 Å². The van der Waals surface area contributed by atoms with Crippen LogP contribution < -0.4 is 0 Å². The minimum atomic E-state index is 1.16. The quantitative estimate of drug-likeness (QED) is 0.593. The van der Waals surface area contributed by atoms with Crippen LogP contribution in [0.2, 0.25) is 0 Å². The van der Waals surface area contributed by atoms with Gasteiger partial charge in [0.2, 0.25) is 0 Å². The highest BCUT2D eigenvalue weighted by molar-refractivity contribution is 8.05. The second-order valence-corrected chi connectivity index (χ2v) is 3.70. The van der Waals surface area contributed by atoms with E-state index in [1.165, 1.54) is 18.4 Å². The van der Waals surface area contributed by atoms with Crippen molar-refractivity contribution >= 4 is 11.8 Å². The molecule has 0 spiro atoms. The molecule has 0 bridgehead atoms. The molecule has 0 aromatic carbocycles. The number of hydrogen-bond acceptors (Lipinski definition) is 1. The smallest absolute Gasteiger partial charge is 0.0211 e. The fraction of sp³-hybridized carbons (Fsp3) is 0.556. The predicted octanol–water partition coefficient (Wildman–Crippen LogP) is 3.96. The molecule has 0 aromatic rings. The topological polar surface area (TPSA) is 0 Å². The summed E-state index contributed by atoms with van der Waals surface area (Å²) in [5.41, 5.74) is 1.45. The lowest BCUT2D eigenvalue weighted by molar-refractivity contribution is 0.908. The molecule has 0 fully saturated rings. The molecule has 0 aliphatic rings. The van der Waals surface area contributed by atoms with Crippen molar-refractivity contribution < 1.29 is 0 Å². The van der Waals surface area contributed by atoms with E-state index in [1.54, 1.807) is 11.8 Å². The molecule has 0 aliphatic carbocycles. The first kappa shape index (κ1) is 9.83. The Morgan fingerprint density at radius 2 is 2.10 bits per heavy atom. The first-order chi connectivity index (χ1) is 4.66. The number of rotatable bonds is 4. The van der Waals surface area contributed by atoms with Gasteiger partial charge in [0.05, 0.1) is 0 Å². The second kappa shape index (κ2) is 5.60. The highest BCUT2D eigenvalue weighted by Crippen LogP contribution is 2.17. The molecule has 0 saturated heterocycles. The van der Waals surface area contributed by atoms with Crippen LogP contribution in [0.25, 0.3) is 0 Å². The summed E-state index contributed by atoms with van der Waals surface area (Å²) in [5, 5.41) is 2.19. The average molecular weight is 156 g/mol. The first-order valence-corrected chi connectivity index (χ1v) is 4.52. The molecule has 0 heterocycles. The van der Waals surface area contributed by atoms with Gasteiger partial charge >= 0.3 is 0 Å². The molecule has 0 aliphatic heterocycles. The van der Waals surface area contributed by atoms with E-state index < -0.39 is 0 Å². The van der Waals surface area contributed by atoms with Crippen LogP contribution in [-0.4, -0.2) is 0 Å². The third kappa shape index (κ3) is 5.96. The van der Waals surface area contributed by atoms with Crippen molar-refractivity contribution in [2.24, 2.45) is 0 Å². The molecule has 1 heteroatoms. The van der Waals surface area contributed by atoms with Gasteiger partial charge in [0.1, 0.15) is 0 Å². The molecule has 0 nitrogen and oxygen atoms in total. The van der Waals surface area contributed by atoms with Gasteiger partial charge in [-0.3, -0.25) is 0 Å². The maximum atomic E-state index is 3.81. The van der Waals surface area contributed by atoms with Crippen LogP contribution in [0, 0.1) is 0 Å². The monoisotopic (exact) mass is 156 g/mol. The van der Waals surface area contributed by atoms with E-state index in [0.29, 0.717) is 0 Å². The Kier molecular flexibility index (Phi) is 5.51. The molecular formula is C9H16S. The first-order valence-electron chi connectivity index (χ1n) is 3.64. The van der Waals surface area contributed by atoms with Crippen LogP contribution in [-0.2, 0) is 0 Å². The number of thioether (sulfide) groups is 1. The minimum Gasteiger partial charge on any atom is -0.104 e. The van der Waals surface area contributed by atoms with Gasteiger partial charge in [0.25, 0.3) is 0 Å². The van der Waals surface area contributed by atoms with Crippen molar-refractivity contribution in [2.75, 3.05) is 0 Å². The van der Waals surface area contributed by atoms with Crippen LogP contribution in [0.5, 0.6) is 0 Å². The van der Waals surface area contributed by atoms with Gasteiger partial charge < -0.3 is 0 Å². The average Bonchev–Trinajstić information content (AvgIpc) is 1.85. The van der Waals surface area contributed by atoms with Gasteiger partial charge in [0.15, 0.2) is 0 Å². The maximum absolute atomic E-state index is 3.81. The van der Waals surface area contributed by atoms with Crippen molar-refractivity contribution in [1.82, 2.24) is 0 Å². The van der Waals surface area contributed by atoms with Crippen LogP contribution >= 0.6 is 11.8 Å². The molecule has 0 radical (unpaired) electrons. The van der Waals surface area contributed by atoms with Crippen molar-refractivity contribution in [1.29, 1.82) is 0 Å². The minimum absolute atomic E-state index is 1.16. The summed E-state index contributed by atoms with van der Waals surface area (Å²) in [6, 6.07) is 0. The van der Waals surface area contributed by atoms with Crippen LogP contribution in [0.4, 0.5) is 0 Å². The fourth-order valence-electron chi connectivity index (χ4n) is 0.654. The van der Waals surface area contributed by atoms with E-state index >= 15 is 0 Å². The van der Waals surface area contributed by atoms with Gasteiger partial charge in [-0.15, -0.1) is 11.8 Å². The summed E-state index contributed by atoms with van der Waals surface area (Å²) in [5.74, 6) is 0. The van der Waals surface area contributed by atoms with E-state index in [1.807, 2.05) is 6.92 Å². The Morgan fingerprint density at radius 3 is 2.50 bits per heavy atom. The number of hydrogen-bond donors (Lipinski definition) is 0. The molecular weight excluding hydrogens is 140 g/mol. The summed E-state index contributed by atoms with van der Waals surface area (Å²) >= 11 is 1.72. The van der Waals surface area contributed by atoms with E-state index in [-0.39, 0.29) is 0 Å². The lowest BCUT2D eigenvalue weighted by Gasteiger charge is -1.96. The SMILES string of the molecule is C=C(C)S/C=C(/C)CCC. The second-order valence-electron chi connectivity index (χ2n) is 2.53. The highest BCUT2D eigenvalue weighted by Gasteiger charge is 1.86. The fourth-order valence-corrected chi connectivity index (χ4v) is 1.17. The summed E-state index contributed by atoms with van der Waals surface area (Å²) in [7, 11) is 0. The molecule has 10 heavy (non-hydrogen) atoms. The summed E-state index contributed by atoms with van der Waals surface area (Å²) < 4.78 is 0. The molecule has 0 rings (SSSR count).